The summed E-state index contributed by atoms with van der Waals surface area (Å²) < 4.78 is 14.6. The summed E-state index contributed by atoms with van der Waals surface area (Å²) in [6, 6.07) is 5.28. The largest absolute Gasteiger partial charge is 0.481 e. The standard InChI is InChI=1S/C19H23FN4O3/c1-12-21-17(23-24(12)14-10-8-13(20)9-11-14)18(25)22-16-7-5-3-2-4-6-15(16)19(26)27/h8-11,15-16H,2-7H2,1H3,(H,22,25)(H,26,27). The third-order valence-electron chi connectivity index (χ3n) is 4.94. The summed E-state index contributed by atoms with van der Waals surface area (Å²) in [4.78, 5) is 28.4. The highest BCUT2D eigenvalue weighted by Gasteiger charge is 2.31. The number of carbonyl (C=O) groups is 2. The molecule has 2 atom stereocenters. The third-order valence-corrected chi connectivity index (χ3v) is 4.94. The molecule has 7 nitrogen and oxygen atoms in total. The van der Waals surface area contributed by atoms with Gasteiger partial charge in [-0.05, 0) is 44.0 Å². The van der Waals surface area contributed by atoms with Gasteiger partial charge in [0.25, 0.3) is 5.91 Å². The first-order valence-electron chi connectivity index (χ1n) is 9.19. The molecule has 1 heterocycles. The van der Waals surface area contributed by atoms with Crippen molar-refractivity contribution in [2.24, 2.45) is 5.92 Å². The van der Waals surface area contributed by atoms with Gasteiger partial charge in [0.2, 0.25) is 5.82 Å². The summed E-state index contributed by atoms with van der Waals surface area (Å²) >= 11 is 0. The molecule has 0 radical (unpaired) electrons. The molecular weight excluding hydrogens is 351 g/mol. The molecule has 0 bridgehead atoms. The van der Waals surface area contributed by atoms with Gasteiger partial charge in [-0.3, -0.25) is 9.59 Å². The molecule has 1 aliphatic carbocycles. The molecule has 1 aliphatic rings. The molecule has 1 fully saturated rings. The van der Waals surface area contributed by atoms with Crippen molar-refractivity contribution >= 4 is 11.9 Å². The van der Waals surface area contributed by atoms with E-state index in [1.54, 1.807) is 19.1 Å². The lowest BCUT2D eigenvalue weighted by molar-refractivity contribution is -0.143. The van der Waals surface area contributed by atoms with Gasteiger partial charge in [-0.2, -0.15) is 0 Å². The van der Waals surface area contributed by atoms with E-state index in [1.807, 2.05) is 0 Å². The van der Waals surface area contributed by atoms with Crippen LogP contribution in [0.3, 0.4) is 0 Å². The van der Waals surface area contributed by atoms with E-state index in [-0.39, 0.29) is 11.6 Å². The van der Waals surface area contributed by atoms with Gasteiger partial charge < -0.3 is 10.4 Å². The van der Waals surface area contributed by atoms with Crippen LogP contribution >= 0.6 is 0 Å². The van der Waals surface area contributed by atoms with E-state index < -0.39 is 23.8 Å². The Balaban J connectivity index is 1.77. The fraction of sp³-hybridized carbons (Fsp3) is 0.474. The van der Waals surface area contributed by atoms with E-state index in [1.165, 1.54) is 16.8 Å². The lowest BCUT2D eigenvalue weighted by atomic mass is 9.87. The third kappa shape index (κ3) is 4.50. The van der Waals surface area contributed by atoms with Gasteiger partial charge in [-0.15, -0.1) is 5.10 Å². The zero-order chi connectivity index (χ0) is 19.4. The summed E-state index contributed by atoms with van der Waals surface area (Å²) in [5.74, 6) is -1.88. The number of halogens is 1. The lowest BCUT2D eigenvalue weighted by Gasteiger charge is -2.26. The highest BCUT2D eigenvalue weighted by atomic mass is 19.1. The van der Waals surface area contributed by atoms with E-state index in [9.17, 15) is 19.1 Å². The van der Waals surface area contributed by atoms with Gasteiger partial charge in [0.15, 0.2) is 0 Å². The Labute approximate surface area is 156 Å². The van der Waals surface area contributed by atoms with Crippen LogP contribution in [0.15, 0.2) is 24.3 Å². The van der Waals surface area contributed by atoms with Crippen LogP contribution in [-0.2, 0) is 4.79 Å². The van der Waals surface area contributed by atoms with Crippen molar-refractivity contribution in [2.75, 3.05) is 0 Å². The van der Waals surface area contributed by atoms with E-state index >= 15 is 0 Å². The number of carboxylic acid groups (broad SMARTS) is 1. The smallest absolute Gasteiger partial charge is 0.308 e. The zero-order valence-electron chi connectivity index (χ0n) is 15.2. The summed E-state index contributed by atoms with van der Waals surface area (Å²) in [5.41, 5.74) is 0.592. The number of nitrogens with zero attached hydrogens (tertiary/aromatic N) is 3. The Bertz CT molecular complexity index is 819. The Morgan fingerprint density at radius 1 is 1.15 bits per heavy atom. The van der Waals surface area contributed by atoms with Crippen molar-refractivity contribution in [1.82, 2.24) is 20.1 Å². The minimum absolute atomic E-state index is 0.0250. The summed E-state index contributed by atoms with van der Waals surface area (Å²) in [7, 11) is 0. The van der Waals surface area contributed by atoms with E-state index in [4.69, 9.17) is 0 Å². The van der Waals surface area contributed by atoms with Crippen LogP contribution < -0.4 is 5.32 Å². The molecule has 3 rings (SSSR count). The van der Waals surface area contributed by atoms with Gasteiger partial charge in [0, 0.05) is 6.04 Å². The molecule has 1 saturated carbocycles. The second-order valence-corrected chi connectivity index (χ2v) is 6.89. The van der Waals surface area contributed by atoms with Gasteiger partial charge in [0.1, 0.15) is 11.6 Å². The molecular formula is C19H23FN4O3. The van der Waals surface area contributed by atoms with Gasteiger partial charge in [-0.25, -0.2) is 14.1 Å². The molecule has 0 aliphatic heterocycles. The number of aromatic nitrogens is 3. The summed E-state index contributed by atoms with van der Waals surface area (Å²) in [6.45, 7) is 1.70. The molecule has 2 aromatic rings. The summed E-state index contributed by atoms with van der Waals surface area (Å²) in [5, 5.41) is 16.5. The van der Waals surface area contributed by atoms with Crippen LogP contribution in [0.1, 0.15) is 55.0 Å². The van der Waals surface area contributed by atoms with Crippen LogP contribution in [0, 0.1) is 18.7 Å². The van der Waals surface area contributed by atoms with Crippen molar-refractivity contribution in [3.05, 3.63) is 41.7 Å². The monoisotopic (exact) mass is 374 g/mol. The van der Waals surface area contributed by atoms with Crippen molar-refractivity contribution in [3.63, 3.8) is 0 Å². The Hall–Kier alpha value is -2.77. The van der Waals surface area contributed by atoms with E-state index in [2.05, 4.69) is 15.4 Å². The second-order valence-electron chi connectivity index (χ2n) is 6.89. The summed E-state index contributed by atoms with van der Waals surface area (Å²) in [6.07, 6.45) is 4.96. The fourth-order valence-corrected chi connectivity index (χ4v) is 3.50. The highest BCUT2D eigenvalue weighted by Crippen LogP contribution is 2.23. The molecule has 27 heavy (non-hydrogen) atoms. The molecule has 8 heteroatoms. The van der Waals surface area contributed by atoms with Gasteiger partial charge in [0.05, 0.1) is 11.6 Å². The Kier molecular flexibility index (Phi) is 5.83. The molecule has 144 valence electrons. The predicted octanol–water partition coefficient (Wildman–Crippen LogP) is 2.87. The number of benzene rings is 1. The number of nitrogens with one attached hydrogen (secondary N) is 1. The van der Waals surface area contributed by atoms with Crippen LogP contribution in [0.4, 0.5) is 4.39 Å². The first-order chi connectivity index (χ1) is 13.0. The molecule has 2 N–H and O–H groups in total. The Morgan fingerprint density at radius 3 is 2.48 bits per heavy atom. The lowest BCUT2D eigenvalue weighted by Crippen LogP contribution is -2.44. The van der Waals surface area contributed by atoms with Crippen molar-refractivity contribution in [1.29, 1.82) is 0 Å². The first kappa shape index (κ1) is 19.0. The number of aliphatic carboxylic acids is 1. The maximum Gasteiger partial charge on any atom is 0.308 e. The second kappa shape index (κ2) is 8.28. The SMILES string of the molecule is Cc1nc(C(=O)NC2CCCCCCC2C(=O)O)nn1-c1ccc(F)cc1. The maximum absolute atomic E-state index is 13.1. The van der Waals surface area contributed by atoms with Crippen LogP contribution in [0.25, 0.3) is 5.69 Å². The van der Waals surface area contributed by atoms with Crippen molar-refractivity contribution in [3.8, 4) is 5.69 Å². The molecule has 2 unspecified atom stereocenters. The molecule has 0 saturated heterocycles. The normalized spacial score (nSPS) is 20.5. The van der Waals surface area contributed by atoms with Crippen LogP contribution in [0.2, 0.25) is 0 Å². The number of rotatable bonds is 4. The average molecular weight is 374 g/mol. The van der Waals surface area contributed by atoms with Crippen molar-refractivity contribution in [2.45, 2.75) is 51.5 Å². The quantitative estimate of drug-likeness (QED) is 0.858. The van der Waals surface area contributed by atoms with E-state index in [0.29, 0.717) is 24.4 Å². The predicted molar refractivity (Wildman–Crippen MR) is 96.1 cm³/mol. The molecule has 1 amide bonds. The minimum Gasteiger partial charge on any atom is -0.481 e. The molecule has 1 aromatic heterocycles. The number of aryl methyl sites for hydroxylation is 1. The fourth-order valence-electron chi connectivity index (χ4n) is 3.50. The van der Waals surface area contributed by atoms with E-state index in [0.717, 1.165) is 25.7 Å². The van der Waals surface area contributed by atoms with Gasteiger partial charge >= 0.3 is 5.97 Å². The molecule has 1 aromatic carbocycles. The highest BCUT2D eigenvalue weighted by molar-refractivity contribution is 5.91. The topological polar surface area (TPSA) is 97.1 Å². The van der Waals surface area contributed by atoms with Gasteiger partial charge in [-0.1, -0.05) is 25.7 Å². The minimum atomic E-state index is -0.886. The van der Waals surface area contributed by atoms with Crippen LogP contribution in [-0.4, -0.2) is 37.8 Å². The number of carboxylic acids is 1. The zero-order valence-corrected chi connectivity index (χ0v) is 15.2. The number of hydrogen-bond acceptors (Lipinski definition) is 4. The number of carbonyl (C=O) groups excluding carboxylic acids is 1. The first-order valence-corrected chi connectivity index (χ1v) is 9.19. The van der Waals surface area contributed by atoms with Crippen molar-refractivity contribution < 1.29 is 19.1 Å². The number of amides is 1. The maximum atomic E-state index is 13.1. The molecule has 0 spiro atoms. The Morgan fingerprint density at radius 2 is 1.81 bits per heavy atom. The number of hydrogen-bond donors (Lipinski definition) is 2. The van der Waals surface area contributed by atoms with Crippen LogP contribution in [0.5, 0.6) is 0 Å². The average Bonchev–Trinajstić information content (AvgIpc) is 2.99.